The Morgan fingerprint density at radius 3 is 2.41 bits per heavy atom. The van der Waals surface area contributed by atoms with Crippen LogP contribution in [0.4, 0.5) is 0 Å². The van der Waals surface area contributed by atoms with Crippen molar-refractivity contribution in [3.05, 3.63) is 0 Å². The van der Waals surface area contributed by atoms with Gasteiger partial charge in [0.25, 0.3) is 0 Å². The van der Waals surface area contributed by atoms with Crippen LogP contribution in [-0.2, 0) is 9.59 Å². The third-order valence-corrected chi connectivity index (χ3v) is 7.05. The van der Waals surface area contributed by atoms with Crippen molar-refractivity contribution in [3.63, 3.8) is 0 Å². The van der Waals surface area contributed by atoms with Crippen LogP contribution in [0.15, 0.2) is 0 Å². The lowest BCUT2D eigenvalue weighted by Gasteiger charge is -2.21. The van der Waals surface area contributed by atoms with E-state index in [0.29, 0.717) is 0 Å². The van der Waals surface area contributed by atoms with Gasteiger partial charge in [0.15, 0.2) is 0 Å². The van der Waals surface area contributed by atoms with Gasteiger partial charge in [-0.05, 0) is 19.8 Å². The Morgan fingerprint density at radius 2 is 1.94 bits per heavy atom. The zero-order chi connectivity index (χ0) is 12.6. The quantitative estimate of drug-likeness (QED) is 0.726. The Balaban J connectivity index is 1.90. The molecule has 2 amide bonds. The van der Waals surface area contributed by atoms with Crippen LogP contribution in [-0.4, -0.2) is 58.8 Å². The molecular weight excluding hydrogens is 256 g/mol. The molecule has 2 heterocycles. The van der Waals surface area contributed by atoms with Gasteiger partial charge >= 0.3 is 0 Å². The molecule has 0 aliphatic carbocycles. The standard InChI is InChI=1S/C11H18N2O2S2/c1-11(5-7-13(3)10(11)15)17-16-8-4-6-12(2)9(8)14/h8H,4-7H2,1-3H3. The number of hydrogen-bond donors (Lipinski definition) is 0. The molecule has 0 saturated carbocycles. The zero-order valence-electron chi connectivity index (χ0n) is 10.4. The van der Waals surface area contributed by atoms with Gasteiger partial charge in [-0.3, -0.25) is 9.59 Å². The van der Waals surface area contributed by atoms with Crippen LogP contribution in [0.1, 0.15) is 19.8 Å². The molecule has 96 valence electrons. The second-order valence-electron chi connectivity index (χ2n) is 4.92. The molecular formula is C11H18N2O2S2. The Labute approximate surface area is 110 Å². The molecule has 0 bridgehead atoms. The molecule has 6 heteroatoms. The normalized spacial score (nSPS) is 33.9. The van der Waals surface area contributed by atoms with E-state index in [1.807, 2.05) is 21.0 Å². The van der Waals surface area contributed by atoms with E-state index in [2.05, 4.69) is 0 Å². The SMILES string of the molecule is CN1CCC(SSC2(C)CCN(C)C2=O)C1=O. The molecule has 0 aromatic rings. The number of carbonyl (C=O) groups is 2. The predicted octanol–water partition coefficient (Wildman–Crippen LogP) is 1.22. The molecule has 0 radical (unpaired) electrons. The molecule has 0 spiro atoms. The summed E-state index contributed by atoms with van der Waals surface area (Å²) in [6, 6.07) is 0. The van der Waals surface area contributed by atoms with Crippen LogP contribution < -0.4 is 0 Å². The van der Waals surface area contributed by atoms with Crippen molar-refractivity contribution in [1.29, 1.82) is 0 Å². The highest BCUT2D eigenvalue weighted by atomic mass is 33.1. The molecule has 2 saturated heterocycles. The highest BCUT2D eigenvalue weighted by molar-refractivity contribution is 8.77. The first kappa shape index (κ1) is 13.1. The molecule has 0 aromatic carbocycles. The minimum atomic E-state index is -0.346. The van der Waals surface area contributed by atoms with Gasteiger partial charge in [-0.25, -0.2) is 0 Å². The average molecular weight is 274 g/mol. The van der Waals surface area contributed by atoms with E-state index in [1.54, 1.807) is 31.4 Å². The third kappa shape index (κ3) is 2.42. The third-order valence-electron chi connectivity index (χ3n) is 3.45. The fraction of sp³-hybridized carbons (Fsp3) is 0.818. The van der Waals surface area contributed by atoms with E-state index >= 15 is 0 Å². The summed E-state index contributed by atoms with van der Waals surface area (Å²) in [5, 5.41) is 0.0283. The Bertz CT molecular complexity index is 350. The fourth-order valence-electron chi connectivity index (χ4n) is 2.11. The van der Waals surface area contributed by atoms with Crippen molar-refractivity contribution in [3.8, 4) is 0 Å². The Kier molecular flexibility index (Phi) is 3.63. The van der Waals surface area contributed by atoms with Gasteiger partial charge in [0, 0.05) is 27.2 Å². The van der Waals surface area contributed by atoms with Crippen molar-refractivity contribution < 1.29 is 9.59 Å². The Hall–Kier alpha value is -0.360. The highest BCUT2D eigenvalue weighted by Gasteiger charge is 2.43. The van der Waals surface area contributed by atoms with Gasteiger partial charge in [0.2, 0.25) is 11.8 Å². The smallest absolute Gasteiger partial charge is 0.239 e. The number of amides is 2. The van der Waals surface area contributed by atoms with E-state index in [1.165, 1.54) is 0 Å². The number of carbonyl (C=O) groups excluding carboxylic acids is 2. The van der Waals surface area contributed by atoms with Gasteiger partial charge in [0.1, 0.15) is 4.75 Å². The number of hydrogen-bond acceptors (Lipinski definition) is 4. The summed E-state index contributed by atoms with van der Waals surface area (Å²) >= 11 is 0. The van der Waals surface area contributed by atoms with Crippen LogP contribution in [0.3, 0.4) is 0 Å². The second kappa shape index (κ2) is 4.72. The van der Waals surface area contributed by atoms with Crippen LogP contribution in [0.5, 0.6) is 0 Å². The summed E-state index contributed by atoms with van der Waals surface area (Å²) < 4.78 is -0.346. The largest absolute Gasteiger partial charge is 0.345 e. The lowest BCUT2D eigenvalue weighted by atomic mass is 10.1. The molecule has 2 rings (SSSR count). The molecule has 4 nitrogen and oxygen atoms in total. The first-order valence-corrected chi connectivity index (χ1v) is 8.00. The first-order chi connectivity index (χ1) is 7.94. The fourth-order valence-corrected chi connectivity index (χ4v) is 5.29. The molecule has 2 fully saturated rings. The maximum Gasteiger partial charge on any atom is 0.239 e. The van der Waals surface area contributed by atoms with Gasteiger partial charge in [-0.2, -0.15) is 0 Å². The van der Waals surface area contributed by atoms with Gasteiger partial charge in [-0.1, -0.05) is 21.6 Å². The second-order valence-corrected chi connectivity index (χ2v) is 7.83. The van der Waals surface area contributed by atoms with Crippen molar-refractivity contribution >= 4 is 33.4 Å². The topological polar surface area (TPSA) is 40.6 Å². The summed E-state index contributed by atoms with van der Waals surface area (Å²) in [6.07, 6.45) is 1.77. The molecule has 2 unspecified atom stereocenters. The molecule has 2 aliphatic rings. The monoisotopic (exact) mass is 274 g/mol. The van der Waals surface area contributed by atoms with Crippen LogP contribution in [0.2, 0.25) is 0 Å². The number of likely N-dealkylation sites (tertiary alicyclic amines) is 2. The summed E-state index contributed by atoms with van der Waals surface area (Å²) in [5.41, 5.74) is 0. The lowest BCUT2D eigenvalue weighted by Crippen LogP contribution is -2.32. The first-order valence-electron chi connectivity index (χ1n) is 5.79. The molecule has 0 aromatic heterocycles. The highest BCUT2D eigenvalue weighted by Crippen LogP contribution is 2.46. The van der Waals surface area contributed by atoms with Crippen LogP contribution in [0.25, 0.3) is 0 Å². The maximum absolute atomic E-state index is 12.0. The Morgan fingerprint density at radius 1 is 1.24 bits per heavy atom. The van der Waals surface area contributed by atoms with Crippen LogP contribution in [0, 0.1) is 0 Å². The van der Waals surface area contributed by atoms with Gasteiger partial charge in [-0.15, -0.1) is 0 Å². The summed E-state index contributed by atoms with van der Waals surface area (Å²) in [7, 11) is 6.83. The van der Waals surface area contributed by atoms with Gasteiger partial charge < -0.3 is 9.80 Å². The number of nitrogens with zero attached hydrogens (tertiary/aromatic N) is 2. The van der Waals surface area contributed by atoms with E-state index in [4.69, 9.17) is 0 Å². The summed E-state index contributed by atoms with van der Waals surface area (Å²) in [5.74, 6) is 0.388. The van der Waals surface area contributed by atoms with Crippen LogP contribution >= 0.6 is 21.6 Å². The molecule has 2 atom stereocenters. The number of rotatable bonds is 3. The molecule has 2 aliphatic heterocycles. The molecule has 0 N–H and O–H groups in total. The average Bonchev–Trinajstić information content (AvgIpc) is 2.75. The van der Waals surface area contributed by atoms with E-state index in [-0.39, 0.29) is 21.8 Å². The van der Waals surface area contributed by atoms with Crippen molar-refractivity contribution in [2.24, 2.45) is 0 Å². The minimum Gasteiger partial charge on any atom is -0.345 e. The predicted molar refractivity (Wildman–Crippen MR) is 71.9 cm³/mol. The lowest BCUT2D eigenvalue weighted by molar-refractivity contribution is -0.128. The zero-order valence-corrected chi connectivity index (χ0v) is 12.1. The summed E-state index contributed by atoms with van der Waals surface area (Å²) in [6.45, 7) is 3.64. The van der Waals surface area contributed by atoms with E-state index in [0.717, 1.165) is 25.9 Å². The van der Waals surface area contributed by atoms with Crippen molar-refractivity contribution in [2.45, 2.75) is 29.8 Å². The minimum absolute atomic E-state index is 0.0283. The summed E-state index contributed by atoms with van der Waals surface area (Å²) in [4.78, 5) is 27.3. The maximum atomic E-state index is 12.0. The van der Waals surface area contributed by atoms with Crippen molar-refractivity contribution in [2.75, 3.05) is 27.2 Å². The van der Waals surface area contributed by atoms with E-state index < -0.39 is 0 Å². The van der Waals surface area contributed by atoms with Crippen molar-refractivity contribution in [1.82, 2.24) is 9.80 Å². The van der Waals surface area contributed by atoms with Gasteiger partial charge in [0.05, 0.1) is 5.25 Å². The molecule has 17 heavy (non-hydrogen) atoms. The van der Waals surface area contributed by atoms with E-state index in [9.17, 15) is 9.59 Å².